The van der Waals surface area contributed by atoms with Gasteiger partial charge in [0.25, 0.3) is 5.91 Å². The second-order valence-corrected chi connectivity index (χ2v) is 11.7. The van der Waals surface area contributed by atoms with Crippen molar-refractivity contribution in [2.45, 2.75) is 33.7 Å². The van der Waals surface area contributed by atoms with Gasteiger partial charge in [0.2, 0.25) is 0 Å². The first-order chi connectivity index (χ1) is 16.5. The number of anilines is 3. The maximum atomic E-state index is 12.7. The van der Waals surface area contributed by atoms with Crippen LogP contribution in [0.15, 0.2) is 38.7 Å². The molecule has 35 heavy (non-hydrogen) atoms. The summed E-state index contributed by atoms with van der Waals surface area (Å²) < 4.78 is 0.493. The van der Waals surface area contributed by atoms with Gasteiger partial charge in [-0.2, -0.15) is 0 Å². The summed E-state index contributed by atoms with van der Waals surface area (Å²) in [5.41, 5.74) is 1.24. The average Bonchev–Trinajstić information content (AvgIpc) is 3.41. The first-order valence-electron chi connectivity index (χ1n) is 11.1. The first-order valence-corrected chi connectivity index (χ1v) is 12.7. The molecule has 184 valence electrons. The Bertz CT molecular complexity index is 1410. The average molecular weight is 559 g/mol. The van der Waals surface area contributed by atoms with Crippen molar-refractivity contribution < 1.29 is 9.90 Å². The number of nitrogens with one attached hydrogen (secondary N) is 2. The molecule has 3 heterocycles. The number of carbonyl (C=O) groups is 1. The Morgan fingerprint density at radius 1 is 1.11 bits per heavy atom. The molecule has 9 nitrogen and oxygen atoms in total. The third-order valence-corrected chi connectivity index (χ3v) is 7.22. The number of benzene rings is 1. The number of aryl methyl sites for hydroxylation is 1. The van der Waals surface area contributed by atoms with Crippen LogP contribution in [0.3, 0.4) is 0 Å². The number of fused-ring (bicyclic) bond motifs is 1. The number of phenolic OH excluding ortho intramolecular Hbond substituents is 1. The van der Waals surface area contributed by atoms with Gasteiger partial charge < -0.3 is 20.6 Å². The first kappa shape index (κ1) is 25.1. The number of hydrogen-bond donors (Lipinski definition) is 3. The topological polar surface area (TPSA) is 115 Å². The van der Waals surface area contributed by atoms with E-state index in [0.29, 0.717) is 32.8 Å². The van der Waals surface area contributed by atoms with Gasteiger partial charge >= 0.3 is 0 Å². The highest BCUT2D eigenvalue weighted by atomic mass is 79.9. The zero-order valence-corrected chi connectivity index (χ0v) is 22.9. The number of carbonyl (C=O) groups excluding carboxylic acids is 1. The highest BCUT2D eigenvalue weighted by molar-refractivity contribution is 9.10. The van der Waals surface area contributed by atoms with Gasteiger partial charge in [-0.05, 0) is 52.5 Å². The Kier molecular flexibility index (Phi) is 6.83. The van der Waals surface area contributed by atoms with E-state index >= 15 is 0 Å². The smallest absolute Gasteiger partial charge is 0.258 e. The number of amides is 1. The van der Waals surface area contributed by atoms with E-state index < -0.39 is 0 Å². The van der Waals surface area contributed by atoms with E-state index in [1.54, 1.807) is 37.6 Å². The van der Waals surface area contributed by atoms with E-state index in [0.717, 1.165) is 0 Å². The molecule has 0 fully saturated rings. The van der Waals surface area contributed by atoms with E-state index in [4.69, 9.17) is 4.98 Å². The normalized spacial score (nSPS) is 13.5. The van der Waals surface area contributed by atoms with Crippen molar-refractivity contribution in [1.82, 2.24) is 14.9 Å². The molecule has 1 aliphatic rings. The lowest BCUT2D eigenvalue weighted by molar-refractivity contribution is 0.0824. The minimum atomic E-state index is -0.328. The molecule has 11 heteroatoms. The number of rotatable bonds is 6. The Morgan fingerprint density at radius 3 is 2.34 bits per heavy atom. The third-order valence-electron chi connectivity index (χ3n) is 5.49. The zero-order valence-electron chi connectivity index (χ0n) is 20.5. The van der Waals surface area contributed by atoms with Gasteiger partial charge in [0.05, 0.1) is 17.3 Å². The molecule has 0 saturated carbocycles. The Hall–Kier alpha value is -3.05. The molecule has 4 rings (SSSR count). The molecule has 0 bridgehead atoms. The number of thiophene rings is 1. The van der Waals surface area contributed by atoms with Crippen LogP contribution in [0.25, 0.3) is 0 Å². The third kappa shape index (κ3) is 5.15. The molecule has 1 atom stereocenters. The van der Waals surface area contributed by atoms with E-state index in [1.165, 1.54) is 14.7 Å². The molecule has 0 aliphatic carbocycles. The van der Waals surface area contributed by atoms with Crippen molar-refractivity contribution in [3.63, 3.8) is 0 Å². The summed E-state index contributed by atoms with van der Waals surface area (Å²) >= 11 is 5.10. The minimum Gasteiger partial charge on any atom is -0.505 e. The molecule has 1 aliphatic heterocycles. The van der Waals surface area contributed by atoms with Crippen LogP contribution in [-0.2, 0) is 0 Å². The van der Waals surface area contributed by atoms with Crippen molar-refractivity contribution in [1.29, 1.82) is 0 Å². The van der Waals surface area contributed by atoms with E-state index in [1.807, 2.05) is 0 Å². The summed E-state index contributed by atoms with van der Waals surface area (Å²) in [6.07, 6.45) is 0. The maximum absolute atomic E-state index is 12.7. The number of aromatic nitrogens is 2. The van der Waals surface area contributed by atoms with Gasteiger partial charge in [0.15, 0.2) is 28.4 Å². The summed E-state index contributed by atoms with van der Waals surface area (Å²) in [4.78, 5) is 34.5. The molecule has 0 radical (unpaired) electrons. The highest BCUT2D eigenvalue weighted by Crippen LogP contribution is 2.40. The van der Waals surface area contributed by atoms with Crippen LogP contribution in [0.4, 0.5) is 17.3 Å². The summed E-state index contributed by atoms with van der Waals surface area (Å²) in [7, 11) is 3.26. The molecular formula is C24H28BrN7O2S. The molecule has 0 unspecified atom stereocenters. The van der Waals surface area contributed by atoms with Gasteiger partial charge in [-0.25, -0.2) is 20.0 Å². The Balaban J connectivity index is 1.80. The van der Waals surface area contributed by atoms with Crippen LogP contribution in [0.1, 0.15) is 46.9 Å². The lowest BCUT2D eigenvalue weighted by Gasteiger charge is -2.31. The molecule has 1 amide bonds. The number of nitrogens with zero attached hydrogens (tertiary/aromatic N) is 5. The Labute approximate surface area is 216 Å². The fourth-order valence-corrected chi connectivity index (χ4v) is 5.33. The zero-order chi connectivity index (χ0) is 25.5. The highest BCUT2D eigenvalue weighted by Gasteiger charge is 2.29. The standard InChI is InChI=1S/C24H28BrN7O2S/c1-12-7-10-15(35-12)18(24(2,3)4)29-22-21(30-19-20(31-22)27-11-26-19)28-14-9-8-13(25)16(17(14)33)23(34)32(5)6/h7-10,18,33H,11H2,1-6H3,(H,26,28,30)(H,27,29,31)/t18-/m0/s1. The van der Waals surface area contributed by atoms with E-state index in [9.17, 15) is 9.90 Å². The second kappa shape index (κ2) is 9.54. The van der Waals surface area contributed by atoms with Crippen molar-refractivity contribution in [3.8, 4) is 5.75 Å². The maximum Gasteiger partial charge on any atom is 0.258 e. The monoisotopic (exact) mass is 557 g/mol. The van der Waals surface area contributed by atoms with E-state index in [2.05, 4.69) is 81.4 Å². The minimum absolute atomic E-state index is 0.0585. The fourth-order valence-electron chi connectivity index (χ4n) is 3.67. The van der Waals surface area contributed by atoms with Gasteiger partial charge in [-0.1, -0.05) is 20.8 Å². The molecular weight excluding hydrogens is 530 g/mol. The lowest BCUT2D eigenvalue weighted by atomic mass is 9.86. The fraction of sp³-hybridized carbons (Fsp3) is 0.375. The van der Waals surface area contributed by atoms with Crippen LogP contribution >= 0.6 is 27.3 Å². The number of halogens is 1. The van der Waals surface area contributed by atoms with Crippen molar-refractivity contribution in [3.05, 3.63) is 55.0 Å². The van der Waals surface area contributed by atoms with Gasteiger partial charge in [-0.3, -0.25) is 4.79 Å². The van der Waals surface area contributed by atoms with Crippen LogP contribution in [0.5, 0.6) is 5.75 Å². The molecule has 3 aromatic rings. The van der Waals surface area contributed by atoms with Gasteiger partial charge in [-0.15, -0.1) is 11.3 Å². The van der Waals surface area contributed by atoms with E-state index in [-0.39, 0.29) is 35.3 Å². The molecule has 3 N–H and O–H groups in total. The molecule has 0 spiro atoms. The SMILES string of the molecule is Cc1ccc([C@H](Nc2nc3c(nc2Nc2ccc(Br)c(C(=O)N(C)C)c2O)=NCN=3)C(C)(C)C)s1. The summed E-state index contributed by atoms with van der Waals surface area (Å²) in [6.45, 7) is 8.84. The number of phenols is 1. The summed E-state index contributed by atoms with van der Waals surface area (Å²) in [5.74, 6) is 0.353. The molecule has 2 aromatic heterocycles. The van der Waals surface area contributed by atoms with Crippen LogP contribution in [0.2, 0.25) is 0 Å². The van der Waals surface area contributed by atoms with Crippen molar-refractivity contribution in [2.75, 3.05) is 31.4 Å². The Morgan fingerprint density at radius 2 is 1.77 bits per heavy atom. The van der Waals surface area contributed by atoms with Gasteiger partial charge in [0, 0.05) is 28.3 Å². The van der Waals surface area contributed by atoms with Crippen LogP contribution in [0, 0.1) is 12.3 Å². The lowest BCUT2D eigenvalue weighted by Crippen LogP contribution is -2.33. The number of hydrogen-bond acceptors (Lipinski definition) is 9. The van der Waals surface area contributed by atoms with Crippen molar-refractivity contribution in [2.24, 2.45) is 15.4 Å². The second-order valence-electron chi connectivity index (χ2n) is 9.56. The predicted molar refractivity (Wildman–Crippen MR) is 141 cm³/mol. The largest absolute Gasteiger partial charge is 0.505 e. The molecule has 1 aromatic carbocycles. The predicted octanol–water partition coefficient (Wildman–Crippen LogP) is 4.17. The summed E-state index contributed by atoms with van der Waals surface area (Å²) in [6, 6.07) is 7.55. The van der Waals surface area contributed by atoms with Gasteiger partial charge in [0.1, 0.15) is 6.67 Å². The van der Waals surface area contributed by atoms with Crippen LogP contribution in [-0.4, -0.2) is 46.6 Å². The van der Waals surface area contributed by atoms with Crippen molar-refractivity contribution >= 4 is 50.5 Å². The number of aromatic hydroxyl groups is 1. The van der Waals surface area contributed by atoms with Crippen LogP contribution < -0.4 is 21.6 Å². The quantitative estimate of drug-likeness (QED) is 0.392. The molecule has 0 saturated heterocycles. The summed E-state index contributed by atoms with van der Waals surface area (Å²) in [5, 5.41) is 17.7.